The van der Waals surface area contributed by atoms with Crippen molar-refractivity contribution in [1.29, 1.82) is 0 Å². The fourth-order valence-corrected chi connectivity index (χ4v) is 1.63. The van der Waals surface area contributed by atoms with Crippen molar-refractivity contribution < 1.29 is 0 Å². The van der Waals surface area contributed by atoms with E-state index < -0.39 is 0 Å². The molecule has 1 unspecified atom stereocenters. The summed E-state index contributed by atoms with van der Waals surface area (Å²) in [4.78, 5) is 2.38. The molecule has 4 heteroatoms. The highest BCUT2D eigenvalue weighted by molar-refractivity contribution is 6.29. The van der Waals surface area contributed by atoms with E-state index in [4.69, 9.17) is 11.6 Å². The second-order valence-corrected chi connectivity index (χ2v) is 4.58. The molecule has 0 saturated heterocycles. The molecule has 0 N–H and O–H groups in total. The molecule has 0 aliphatic rings. The first-order valence-electron chi connectivity index (χ1n) is 5.86. The quantitative estimate of drug-likeness (QED) is 0.767. The molecule has 1 aromatic rings. The lowest BCUT2D eigenvalue weighted by Gasteiger charge is -2.22. The predicted molar refractivity (Wildman–Crippen MR) is 67.4 cm³/mol. The number of nitrogens with zero attached hydrogens (tertiary/aromatic N) is 3. The van der Waals surface area contributed by atoms with Gasteiger partial charge in [-0.2, -0.15) is 5.10 Å². The highest BCUT2D eigenvalue weighted by Gasteiger charge is 2.08. The molecular formula is C12H20ClN3. The first-order chi connectivity index (χ1) is 7.65. The molecule has 0 spiro atoms. The molecule has 0 aromatic carbocycles. The molecule has 1 atom stereocenters. The Labute approximate surface area is 103 Å². The second-order valence-electron chi connectivity index (χ2n) is 4.19. The van der Waals surface area contributed by atoms with Gasteiger partial charge in [-0.3, -0.25) is 4.90 Å². The largest absolute Gasteiger partial charge is 0.297 e. The van der Waals surface area contributed by atoms with Gasteiger partial charge in [0, 0.05) is 13.1 Å². The number of rotatable bonds is 6. The van der Waals surface area contributed by atoms with Crippen LogP contribution in [0, 0.1) is 5.92 Å². The van der Waals surface area contributed by atoms with Crippen LogP contribution in [0.15, 0.2) is 12.1 Å². The van der Waals surface area contributed by atoms with Crippen LogP contribution in [0.25, 0.3) is 0 Å². The highest BCUT2D eigenvalue weighted by Crippen LogP contribution is 2.09. The van der Waals surface area contributed by atoms with Crippen molar-refractivity contribution in [2.75, 3.05) is 13.1 Å². The molecule has 1 heterocycles. The van der Waals surface area contributed by atoms with E-state index in [0.29, 0.717) is 5.15 Å². The smallest absolute Gasteiger partial charge is 0.151 e. The zero-order chi connectivity index (χ0) is 12.0. The predicted octanol–water partition coefficient (Wildman–Crippen LogP) is 3.00. The van der Waals surface area contributed by atoms with Crippen LogP contribution in [-0.2, 0) is 6.54 Å². The number of halogens is 1. The van der Waals surface area contributed by atoms with Crippen LogP contribution in [-0.4, -0.2) is 28.2 Å². The molecule has 3 nitrogen and oxygen atoms in total. The third-order valence-corrected chi connectivity index (χ3v) is 2.99. The van der Waals surface area contributed by atoms with Crippen molar-refractivity contribution in [3.8, 4) is 0 Å². The van der Waals surface area contributed by atoms with Crippen molar-refractivity contribution in [2.24, 2.45) is 5.92 Å². The van der Waals surface area contributed by atoms with E-state index in [1.807, 2.05) is 6.07 Å². The number of hydrogen-bond acceptors (Lipinski definition) is 3. The summed E-state index contributed by atoms with van der Waals surface area (Å²) in [6, 6.07) is 3.73. The van der Waals surface area contributed by atoms with Gasteiger partial charge in [-0.05, 0) is 24.6 Å². The maximum absolute atomic E-state index is 5.70. The molecule has 0 amide bonds. The normalized spacial score (nSPS) is 13.1. The summed E-state index contributed by atoms with van der Waals surface area (Å²) in [5, 5.41) is 8.38. The molecule has 1 aromatic heterocycles. The average molecular weight is 242 g/mol. The summed E-state index contributed by atoms with van der Waals surface area (Å²) in [5.74, 6) is 0.722. The Morgan fingerprint density at radius 1 is 1.31 bits per heavy atom. The van der Waals surface area contributed by atoms with Gasteiger partial charge in [0.1, 0.15) is 0 Å². The van der Waals surface area contributed by atoms with Crippen LogP contribution >= 0.6 is 11.6 Å². The summed E-state index contributed by atoms with van der Waals surface area (Å²) >= 11 is 5.70. The Kier molecular flexibility index (Phi) is 5.71. The van der Waals surface area contributed by atoms with Crippen LogP contribution in [0.1, 0.15) is 32.9 Å². The van der Waals surface area contributed by atoms with Crippen LogP contribution in [0.4, 0.5) is 0 Å². The van der Waals surface area contributed by atoms with Crippen LogP contribution in [0.2, 0.25) is 5.15 Å². The molecule has 0 radical (unpaired) electrons. The minimum atomic E-state index is 0.453. The Morgan fingerprint density at radius 3 is 2.56 bits per heavy atom. The Hall–Kier alpha value is -0.670. The lowest BCUT2D eigenvalue weighted by molar-refractivity contribution is 0.235. The lowest BCUT2D eigenvalue weighted by Crippen LogP contribution is -2.28. The van der Waals surface area contributed by atoms with Crippen LogP contribution in [0.5, 0.6) is 0 Å². The van der Waals surface area contributed by atoms with Gasteiger partial charge in [0.25, 0.3) is 0 Å². The molecule has 0 fully saturated rings. The fourth-order valence-electron chi connectivity index (χ4n) is 1.53. The summed E-state index contributed by atoms with van der Waals surface area (Å²) in [7, 11) is 0. The summed E-state index contributed by atoms with van der Waals surface area (Å²) in [6.45, 7) is 9.67. The van der Waals surface area contributed by atoms with Crippen LogP contribution in [0.3, 0.4) is 0 Å². The standard InChI is InChI=1S/C12H20ClN3/c1-4-10(3)8-16(5-2)9-11-6-7-12(13)15-14-11/h6-7,10H,4-5,8-9H2,1-3H3. The first kappa shape index (κ1) is 13.4. The molecule has 0 saturated carbocycles. The SMILES string of the molecule is CCC(C)CN(CC)Cc1ccc(Cl)nn1. The molecule has 1 rings (SSSR count). The van der Waals surface area contributed by atoms with E-state index in [0.717, 1.165) is 31.2 Å². The summed E-state index contributed by atoms with van der Waals surface area (Å²) in [6.07, 6.45) is 1.21. The van der Waals surface area contributed by atoms with Crippen LogP contribution < -0.4 is 0 Å². The first-order valence-corrected chi connectivity index (χ1v) is 6.24. The minimum absolute atomic E-state index is 0.453. The monoisotopic (exact) mass is 241 g/mol. The van der Waals surface area contributed by atoms with E-state index in [1.165, 1.54) is 6.42 Å². The second kappa shape index (κ2) is 6.81. The van der Waals surface area contributed by atoms with Gasteiger partial charge in [-0.1, -0.05) is 38.8 Å². The maximum atomic E-state index is 5.70. The van der Waals surface area contributed by atoms with Gasteiger partial charge in [0.2, 0.25) is 0 Å². The van der Waals surface area contributed by atoms with Crippen molar-refractivity contribution in [2.45, 2.75) is 33.7 Å². The molecule has 0 aliphatic heterocycles. The number of aromatic nitrogens is 2. The topological polar surface area (TPSA) is 29.0 Å². The molecule has 16 heavy (non-hydrogen) atoms. The molecule has 0 aliphatic carbocycles. The van der Waals surface area contributed by atoms with Gasteiger partial charge < -0.3 is 0 Å². The molecule has 0 bridgehead atoms. The fraction of sp³-hybridized carbons (Fsp3) is 0.667. The Balaban J connectivity index is 2.52. The Morgan fingerprint density at radius 2 is 2.06 bits per heavy atom. The summed E-state index contributed by atoms with van der Waals surface area (Å²) < 4.78 is 0. The van der Waals surface area contributed by atoms with Crippen molar-refractivity contribution in [3.05, 3.63) is 23.0 Å². The maximum Gasteiger partial charge on any atom is 0.151 e. The van der Waals surface area contributed by atoms with E-state index in [9.17, 15) is 0 Å². The average Bonchev–Trinajstić information content (AvgIpc) is 2.30. The van der Waals surface area contributed by atoms with Crippen molar-refractivity contribution in [3.63, 3.8) is 0 Å². The van der Waals surface area contributed by atoms with Crippen molar-refractivity contribution >= 4 is 11.6 Å². The van der Waals surface area contributed by atoms with Gasteiger partial charge in [-0.15, -0.1) is 5.10 Å². The van der Waals surface area contributed by atoms with Gasteiger partial charge >= 0.3 is 0 Å². The molecular weight excluding hydrogens is 222 g/mol. The zero-order valence-electron chi connectivity index (χ0n) is 10.3. The van der Waals surface area contributed by atoms with Crippen molar-refractivity contribution in [1.82, 2.24) is 15.1 Å². The lowest BCUT2D eigenvalue weighted by atomic mass is 10.1. The third kappa shape index (κ3) is 4.45. The van der Waals surface area contributed by atoms with Gasteiger partial charge in [-0.25, -0.2) is 0 Å². The van der Waals surface area contributed by atoms with E-state index >= 15 is 0 Å². The molecule has 90 valence electrons. The Bertz CT molecular complexity index is 300. The van der Waals surface area contributed by atoms with E-state index in [2.05, 4.69) is 35.9 Å². The van der Waals surface area contributed by atoms with E-state index in [-0.39, 0.29) is 0 Å². The van der Waals surface area contributed by atoms with Gasteiger partial charge in [0.05, 0.1) is 5.69 Å². The number of hydrogen-bond donors (Lipinski definition) is 0. The zero-order valence-corrected chi connectivity index (χ0v) is 11.0. The third-order valence-electron chi connectivity index (χ3n) is 2.79. The van der Waals surface area contributed by atoms with Gasteiger partial charge in [0.15, 0.2) is 5.15 Å². The minimum Gasteiger partial charge on any atom is -0.297 e. The van der Waals surface area contributed by atoms with E-state index in [1.54, 1.807) is 6.07 Å². The summed E-state index contributed by atoms with van der Waals surface area (Å²) in [5.41, 5.74) is 0.981. The highest BCUT2D eigenvalue weighted by atomic mass is 35.5.